The predicted octanol–water partition coefficient (Wildman–Crippen LogP) is 2.41. The Labute approximate surface area is 163 Å². The summed E-state index contributed by atoms with van der Waals surface area (Å²) in [7, 11) is 1.79. The van der Waals surface area contributed by atoms with E-state index in [1.165, 1.54) is 12.8 Å². The van der Waals surface area contributed by atoms with Crippen LogP contribution in [0.25, 0.3) is 0 Å². The Kier molecular flexibility index (Phi) is 10.9. The summed E-state index contributed by atoms with van der Waals surface area (Å²) in [6, 6.07) is 4.24. The topological polar surface area (TPSA) is 71.3 Å². The lowest BCUT2D eigenvalue weighted by Crippen LogP contribution is -2.43. The fraction of sp³-hybridized carbons (Fsp3) is 0.750. The van der Waals surface area contributed by atoms with Gasteiger partial charge in [-0.05, 0) is 44.5 Å². The minimum Gasteiger partial charge on any atom is -0.468 e. The molecule has 1 saturated heterocycles. The average molecular weight is 381 g/mol. The molecule has 0 radical (unpaired) electrons. The van der Waals surface area contributed by atoms with Crippen molar-refractivity contribution in [3.05, 3.63) is 24.2 Å². The number of ether oxygens (including phenoxy) is 2. The second kappa shape index (κ2) is 13.6. The molecule has 0 saturated carbocycles. The van der Waals surface area contributed by atoms with Gasteiger partial charge in [-0.3, -0.25) is 9.89 Å². The smallest absolute Gasteiger partial charge is 0.191 e. The van der Waals surface area contributed by atoms with Crippen molar-refractivity contribution >= 4 is 5.96 Å². The van der Waals surface area contributed by atoms with Crippen LogP contribution in [0.15, 0.2) is 27.8 Å². The lowest BCUT2D eigenvalue weighted by atomic mass is 10.2. The zero-order valence-electron chi connectivity index (χ0n) is 16.9. The van der Waals surface area contributed by atoms with Gasteiger partial charge in [-0.1, -0.05) is 13.3 Å². The highest BCUT2D eigenvalue weighted by Crippen LogP contribution is 2.24. The zero-order valence-corrected chi connectivity index (χ0v) is 16.9. The van der Waals surface area contributed by atoms with Gasteiger partial charge in [0.25, 0.3) is 0 Å². The lowest BCUT2D eigenvalue weighted by molar-refractivity contribution is 0.0487. The lowest BCUT2D eigenvalue weighted by Gasteiger charge is -2.26. The molecule has 27 heavy (non-hydrogen) atoms. The SMILES string of the molecule is CCCCOCCOCCNC(=NC)NCC(c1ccco1)N1CCCC1. The van der Waals surface area contributed by atoms with Crippen molar-refractivity contribution in [3.8, 4) is 0 Å². The van der Waals surface area contributed by atoms with Crippen LogP contribution >= 0.6 is 0 Å². The van der Waals surface area contributed by atoms with Crippen LogP contribution in [0.4, 0.5) is 0 Å². The number of likely N-dealkylation sites (tertiary alicyclic amines) is 1. The maximum absolute atomic E-state index is 5.66. The summed E-state index contributed by atoms with van der Waals surface area (Å²) in [5.41, 5.74) is 0. The van der Waals surface area contributed by atoms with E-state index >= 15 is 0 Å². The average Bonchev–Trinajstić information content (AvgIpc) is 3.40. The molecular weight excluding hydrogens is 344 g/mol. The quantitative estimate of drug-likeness (QED) is 0.311. The second-order valence-electron chi connectivity index (χ2n) is 6.73. The maximum Gasteiger partial charge on any atom is 0.191 e. The van der Waals surface area contributed by atoms with Gasteiger partial charge in [-0.2, -0.15) is 0 Å². The molecule has 1 unspecified atom stereocenters. The van der Waals surface area contributed by atoms with Gasteiger partial charge in [-0.15, -0.1) is 0 Å². The zero-order chi connectivity index (χ0) is 19.2. The minimum absolute atomic E-state index is 0.234. The molecule has 2 heterocycles. The van der Waals surface area contributed by atoms with E-state index in [0.29, 0.717) is 26.4 Å². The molecule has 1 fully saturated rings. The largest absolute Gasteiger partial charge is 0.468 e. The third kappa shape index (κ3) is 8.32. The number of furan rings is 1. The number of nitrogens with one attached hydrogen (secondary N) is 2. The molecule has 7 heteroatoms. The summed E-state index contributed by atoms with van der Waals surface area (Å²) >= 11 is 0. The van der Waals surface area contributed by atoms with Gasteiger partial charge in [0.05, 0.1) is 32.1 Å². The number of nitrogens with zero attached hydrogens (tertiary/aromatic N) is 2. The third-order valence-electron chi connectivity index (χ3n) is 4.69. The van der Waals surface area contributed by atoms with E-state index in [0.717, 1.165) is 50.8 Å². The molecule has 2 N–H and O–H groups in total. The first-order valence-corrected chi connectivity index (χ1v) is 10.2. The van der Waals surface area contributed by atoms with Crippen LogP contribution in [0.2, 0.25) is 0 Å². The van der Waals surface area contributed by atoms with E-state index in [2.05, 4.69) is 33.5 Å². The van der Waals surface area contributed by atoms with E-state index in [1.807, 2.05) is 6.07 Å². The number of unbranched alkanes of at least 4 members (excludes halogenated alkanes) is 1. The van der Waals surface area contributed by atoms with Crippen molar-refractivity contribution in [1.29, 1.82) is 0 Å². The normalized spacial score (nSPS) is 16.6. The number of hydrogen-bond acceptors (Lipinski definition) is 5. The number of rotatable bonds is 13. The molecule has 1 aliphatic rings. The number of aliphatic imine (C=N–C) groups is 1. The Bertz CT molecular complexity index is 501. The van der Waals surface area contributed by atoms with Gasteiger partial charge in [0.1, 0.15) is 5.76 Å². The highest BCUT2D eigenvalue weighted by atomic mass is 16.5. The number of hydrogen-bond donors (Lipinski definition) is 2. The van der Waals surface area contributed by atoms with Crippen molar-refractivity contribution in [1.82, 2.24) is 15.5 Å². The van der Waals surface area contributed by atoms with Gasteiger partial charge in [-0.25, -0.2) is 0 Å². The fourth-order valence-electron chi connectivity index (χ4n) is 3.17. The van der Waals surface area contributed by atoms with Gasteiger partial charge >= 0.3 is 0 Å². The van der Waals surface area contributed by atoms with Crippen LogP contribution in [0.1, 0.15) is 44.4 Å². The van der Waals surface area contributed by atoms with Crippen LogP contribution in [0.3, 0.4) is 0 Å². The summed E-state index contributed by atoms with van der Waals surface area (Å²) in [4.78, 5) is 6.77. The minimum atomic E-state index is 0.234. The molecule has 1 aromatic rings. The molecule has 1 atom stereocenters. The molecule has 0 aliphatic carbocycles. The molecule has 1 aliphatic heterocycles. The van der Waals surface area contributed by atoms with Crippen molar-refractivity contribution in [2.24, 2.45) is 4.99 Å². The standard InChI is InChI=1S/C20H36N4O3/c1-3-4-12-25-15-16-26-14-9-22-20(21-2)23-17-18(19-8-7-13-27-19)24-10-5-6-11-24/h7-8,13,18H,3-6,9-12,14-17H2,1-2H3,(H2,21,22,23). The highest BCUT2D eigenvalue weighted by Gasteiger charge is 2.25. The second-order valence-corrected chi connectivity index (χ2v) is 6.73. The number of guanidine groups is 1. The summed E-state index contributed by atoms with van der Waals surface area (Å²) in [5, 5.41) is 6.71. The van der Waals surface area contributed by atoms with Crippen LogP contribution in [0.5, 0.6) is 0 Å². The molecule has 2 rings (SSSR count). The Hall–Kier alpha value is -1.57. The van der Waals surface area contributed by atoms with Crippen LogP contribution in [-0.2, 0) is 9.47 Å². The summed E-state index contributed by atoms with van der Waals surface area (Å²) < 4.78 is 16.7. The van der Waals surface area contributed by atoms with E-state index in [9.17, 15) is 0 Å². The monoisotopic (exact) mass is 380 g/mol. The molecule has 1 aromatic heterocycles. The van der Waals surface area contributed by atoms with Crippen LogP contribution in [-0.4, -0.2) is 70.5 Å². The predicted molar refractivity (Wildman–Crippen MR) is 108 cm³/mol. The third-order valence-corrected chi connectivity index (χ3v) is 4.69. The van der Waals surface area contributed by atoms with Gasteiger partial charge in [0.15, 0.2) is 5.96 Å². The van der Waals surface area contributed by atoms with Crippen LogP contribution < -0.4 is 10.6 Å². The molecule has 0 amide bonds. The van der Waals surface area contributed by atoms with Gasteiger partial charge < -0.3 is 24.5 Å². The van der Waals surface area contributed by atoms with Crippen molar-refractivity contribution in [2.75, 3.05) is 59.7 Å². The Balaban J connectivity index is 1.62. The van der Waals surface area contributed by atoms with E-state index in [-0.39, 0.29) is 6.04 Å². The van der Waals surface area contributed by atoms with Crippen molar-refractivity contribution in [3.63, 3.8) is 0 Å². The molecule has 0 bridgehead atoms. The Morgan fingerprint density at radius 3 is 2.63 bits per heavy atom. The highest BCUT2D eigenvalue weighted by molar-refractivity contribution is 5.79. The molecule has 7 nitrogen and oxygen atoms in total. The molecule has 0 spiro atoms. The van der Waals surface area contributed by atoms with E-state index < -0.39 is 0 Å². The van der Waals surface area contributed by atoms with E-state index in [1.54, 1.807) is 13.3 Å². The first kappa shape index (κ1) is 21.7. The van der Waals surface area contributed by atoms with E-state index in [4.69, 9.17) is 13.9 Å². The summed E-state index contributed by atoms with van der Waals surface area (Å²) in [5.74, 6) is 1.79. The molecule has 0 aromatic carbocycles. The van der Waals surface area contributed by atoms with Gasteiger partial charge in [0, 0.05) is 26.7 Å². The summed E-state index contributed by atoms with van der Waals surface area (Å²) in [6.07, 6.45) is 6.53. The first-order chi connectivity index (χ1) is 13.3. The molecular formula is C20H36N4O3. The van der Waals surface area contributed by atoms with Crippen molar-refractivity contribution < 1.29 is 13.9 Å². The first-order valence-electron chi connectivity index (χ1n) is 10.2. The Morgan fingerprint density at radius 1 is 1.19 bits per heavy atom. The van der Waals surface area contributed by atoms with Gasteiger partial charge in [0.2, 0.25) is 0 Å². The van der Waals surface area contributed by atoms with Crippen molar-refractivity contribution in [2.45, 2.75) is 38.6 Å². The maximum atomic E-state index is 5.66. The molecule has 154 valence electrons. The van der Waals surface area contributed by atoms with Crippen LogP contribution in [0, 0.1) is 0 Å². The Morgan fingerprint density at radius 2 is 1.96 bits per heavy atom. The summed E-state index contributed by atoms with van der Waals surface area (Å²) in [6.45, 7) is 8.62. The fourth-order valence-corrected chi connectivity index (χ4v) is 3.17.